The van der Waals surface area contributed by atoms with E-state index >= 15 is 0 Å². The van der Waals surface area contributed by atoms with Gasteiger partial charge in [-0.2, -0.15) is 5.10 Å². The summed E-state index contributed by atoms with van der Waals surface area (Å²) in [5.74, 6) is 1.87. The molecule has 1 aromatic heterocycles. The summed E-state index contributed by atoms with van der Waals surface area (Å²) in [5, 5.41) is 4.94. The van der Waals surface area contributed by atoms with Gasteiger partial charge in [0, 0.05) is 5.02 Å². The first kappa shape index (κ1) is 18.8. The summed E-state index contributed by atoms with van der Waals surface area (Å²) in [4.78, 5) is 7.58. The third-order valence-corrected chi connectivity index (χ3v) is 4.52. The van der Waals surface area contributed by atoms with Gasteiger partial charge in [-0.1, -0.05) is 35.9 Å². The molecule has 3 aromatic carbocycles. The van der Waals surface area contributed by atoms with Crippen LogP contribution in [0.2, 0.25) is 5.02 Å². The van der Waals surface area contributed by atoms with Gasteiger partial charge in [0.25, 0.3) is 0 Å². The number of para-hydroxylation sites is 2. The Morgan fingerprint density at radius 1 is 1.07 bits per heavy atom. The third kappa shape index (κ3) is 4.67. The molecule has 0 atom stereocenters. The number of rotatable bonds is 7. The fourth-order valence-corrected chi connectivity index (χ4v) is 2.93. The molecule has 4 rings (SSSR count). The number of hydrogen-bond acceptors (Lipinski definition) is 5. The highest BCUT2D eigenvalue weighted by atomic mass is 35.5. The highest BCUT2D eigenvalue weighted by Crippen LogP contribution is 2.28. The number of nitrogens with zero attached hydrogens (tertiary/aromatic N) is 2. The number of nitrogens with one attached hydrogen (secondary N) is 2. The number of methoxy groups -OCH3 is 1. The SMILES string of the molecule is COc1cc(/C=N\Nc2nc3ccccc3[nH]2)ccc1OCc1ccc(Cl)cc1. The zero-order valence-electron chi connectivity index (χ0n) is 15.7. The molecule has 0 aliphatic heterocycles. The summed E-state index contributed by atoms with van der Waals surface area (Å²) in [7, 11) is 1.61. The molecule has 0 unspecified atom stereocenters. The van der Waals surface area contributed by atoms with Gasteiger partial charge >= 0.3 is 0 Å². The number of hydrogen-bond donors (Lipinski definition) is 2. The van der Waals surface area contributed by atoms with Crippen LogP contribution in [0.25, 0.3) is 11.0 Å². The number of aromatic nitrogens is 2. The van der Waals surface area contributed by atoms with Crippen molar-refractivity contribution < 1.29 is 9.47 Å². The van der Waals surface area contributed by atoms with Crippen LogP contribution in [0.1, 0.15) is 11.1 Å². The van der Waals surface area contributed by atoms with Crippen LogP contribution in [-0.2, 0) is 6.61 Å². The molecule has 0 amide bonds. The fourth-order valence-electron chi connectivity index (χ4n) is 2.80. The van der Waals surface area contributed by atoms with E-state index in [1.165, 1.54) is 0 Å². The number of fused-ring (bicyclic) bond motifs is 1. The van der Waals surface area contributed by atoms with Gasteiger partial charge in [0.2, 0.25) is 5.95 Å². The predicted molar refractivity (Wildman–Crippen MR) is 116 cm³/mol. The molecule has 0 fully saturated rings. The van der Waals surface area contributed by atoms with Crippen molar-refractivity contribution in [2.24, 2.45) is 5.10 Å². The molecule has 0 bridgehead atoms. The number of aromatic amines is 1. The Bertz CT molecular complexity index is 1110. The standard InChI is InChI=1S/C22H19ClN4O2/c1-28-21-12-16(8-11-20(21)29-14-15-6-9-17(23)10-7-15)13-24-27-22-25-18-4-2-3-5-19(18)26-22/h2-13H,14H2,1H3,(H2,25,26,27)/b24-13-. The van der Waals surface area contributed by atoms with Crippen LogP contribution in [0.5, 0.6) is 11.5 Å². The quantitative estimate of drug-likeness (QED) is 0.325. The Labute approximate surface area is 173 Å². The van der Waals surface area contributed by atoms with E-state index in [2.05, 4.69) is 20.5 Å². The zero-order valence-corrected chi connectivity index (χ0v) is 16.5. The molecule has 0 aliphatic carbocycles. The Morgan fingerprint density at radius 3 is 2.69 bits per heavy atom. The summed E-state index contributed by atoms with van der Waals surface area (Å²) >= 11 is 5.91. The first-order valence-electron chi connectivity index (χ1n) is 9.00. The Balaban J connectivity index is 1.41. The van der Waals surface area contributed by atoms with Crippen molar-refractivity contribution in [3.05, 3.63) is 82.9 Å². The first-order valence-corrected chi connectivity index (χ1v) is 9.38. The summed E-state index contributed by atoms with van der Waals surface area (Å²) in [6, 6.07) is 21.0. The number of H-pyrrole nitrogens is 1. The van der Waals surface area contributed by atoms with Gasteiger partial charge in [-0.3, -0.25) is 0 Å². The minimum atomic E-state index is 0.425. The number of hydrazone groups is 1. The topological polar surface area (TPSA) is 71.5 Å². The van der Waals surface area contributed by atoms with Gasteiger partial charge in [-0.05, 0) is 53.6 Å². The van der Waals surface area contributed by atoms with Gasteiger partial charge in [-0.25, -0.2) is 10.4 Å². The highest BCUT2D eigenvalue weighted by molar-refractivity contribution is 6.30. The fraction of sp³-hybridized carbons (Fsp3) is 0.0909. The van der Waals surface area contributed by atoms with Crippen molar-refractivity contribution in [2.45, 2.75) is 6.61 Å². The van der Waals surface area contributed by atoms with Crippen molar-refractivity contribution in [3.8, 4) is 11.5 Å². The van der Waals surface area contributed by atoms with E-state index in [0.717, 1.165) is 22.2 Å². The van der Waals surface area contributed by atoms with Crippen LogP contribution in [0, 0.1) is 0 Å². The normalized spacial score (nSPS) is 11.1. The lowest BCUT2D eigenvalue weighted by Crippen LogP contribution is -1.99. The van der Waals surface area contributed by atoms with E-state index in [9.17, 15) is 0 Å². The largest absolute Gasteiger partial charge is 0.493 e. The molecule has 0 saturated carbocycles. The van der Waals surface area contributed by atoms with Gasteiger partial charge in [0.05, 0.1) is 24.4 Å². The van der Waals surface area contributed by atoms with E-state index < -0.39 is 0 Å². The summed E-state index contributed by atoms with van der Waals surface area (Å²) < 4.78 is 11.3. The van der Waals surface area contributed by atoms with E-state index in [0.29, 0.717) is 29.1 Å². The van der Waals surface area contributed by atoms with Crippen LogP contribution in [0.4, 0.5) is 5.95 Å². The Morgan fingerprint density at radius 2 is 1.90 bits per heavy atom. The first-order chi connectivity index (χ1) is 14.2. The van der Waals surface area contributed by atoms with E-state index in [1.54, 1.807) is 13.3 Å². The maximum Gasteiger partial charge on any atom is 0.222 e. The van der Waals surface area contributed by atoms with E-state index in [-0.39, 0.29) is 0 Å². The van der Waals surface area contributed by atoms with Gasteiger partial charge in [0.1, 0.15) is 6.61 Å². The van der Waals surface area contributed by atoms with Crippen molar-refractivity contribution in [2.75, 3.05) is 12.5 Å². The second kappa shape index (κ2) is 8.67. The molecule has 0 saturated heterocycles. The lowest BCUT2D eigenvalue weighted by Gasteiger charge is -2.11. The van der Waals surface area contributed by atoms with E-state index in [1.807, 2.05) is 66.7 Å². The maximum absolute atomic E-state index is 5.91. The minimum absolute atomic E-state index is 0.425. The molecule has 0 aliphatic rings. The summed E-state index contributed by atoms with van der Waals surface area (Å²) in [5.41, 5.74) is 6.63. The van der Waals surface area contributed by atoms with Crippen molar-refractivity contribution in [1.29, 1.82) is 0 Å². The number of benzene rings is 3. The van der Waals surface area contributed by atoms with Crippen molar-refractivity contribution in [1.82, 2.24) is 9.97 Å². The van der Waals surface area contributed by atoms with Crippen LogP contribution in [0.15, 0.2) is 71.8 Å². The van der Waals surface area contributed by atoms with Gasteiger partial charge < -0.3 is 14.5 Å². The maximum atomic E-state index is 5.91. The average Bonchev–Trinajstić information content (AvgIpc) is 3.16. The number of imidazole rings is 1. The lowest BCUT2D eigenvalue weighted by molar-refractivity contribution is 0.284. The summed E-state index contributed by atoms with van der Waals surface area (Å²) in [6.45, 7) is 0.425. The molecule has 2 N–H and O–H groups in total. The van der Waals surface area contributed by atoms with Crippen LogP contribution < -0.4 is 14.9 Å². The number of ether oxygens (including phenoxy) is 2. The number of anilines is 1. The van der Waals surface area contributed by atoms with Crippen molar-refractivity contribution >= 4 is 34.8 Å². The van der Waals surface area contributed by atoms with Crippen LogP contribution in [-0.4, -0.2) is 23.3 Å². The van der Waals surface area contributed by atoms with E-state index in [4.69, 9.17) is 21.1 Å². The molecular formula is C22H19ClN4O2. The Hall–Kier alpha value is -3.51. The van der Waals surface area contributed by atoms with Crippen LogP contribution >= 0.6 is 11.6 Å². The lowest BCUT2D eigenvalue weighted by atomic mass is 10.2. The summed E-state index contributed by atoms with van der Waals surface area (Å²) in [6.07, 6.45) is 1.69. The molecule has 29 heavy (non-hydrogen) atoms. The third-order valence-electron chi connectivity index (χ3n) is 4.27. The number of halogens is 1. The zero-order chi connectivity index (χ0) is 20.1. The van der Waals surface area contributed by atoms with Crippen LogP contribution in [0.3, 0.4) is 0 Å². The Kier molecular flexibility index (Phi) is 5.63. The molecule has 0 spiro atoms. The molecule has 4 aromatic rings. The molecule has 7 heteroatoms. The average molecular weight is 407 g/mol. The molecule has 1 heterocycles. The van der Waals surface area contributed by atoms with Crippen molar-refractivity contribution in [3.63, 3.8) is 0 Å². The molecule has 0 radical (unpaired) electrons. The second-order valence-corrected chi connectivity index (χ2v) is 6.73. The van der Waals surface area contributed by atoms with Gasteiger partial charge in [-0.15, -0.1) is 0 Å². The second-order valence-electron chi connectivity index (χ2n) is 6.30. The smallest absolute Gasteiger partial charge is 0.222 e. The monoisotopic (exact) mass is 406 g/mol. The predicted octanol–water partition coefficient (Wildman–Crippen LogP) is 5.25. The minimum Gasteiger partial charge on any atom is -0.493 e. The van der Waals surface area contributed by atoms with Gasteiger partial charge in [0.15, 0.2) is 11.5 Å². The molecule has 6 nitrogen and oxygen atoms in total. The molecular weight excluding hydrogens is 388 g/mol. The highest BCUT2D eigenvalue weighted by Gasteiger charge is 2.06. The molecule has 146 valence electrons.